The molecule has 28 heavy (non-hydrogen) atoms. The highest BCUT2D eigenvalue weighted by atomic mass is 32.2. The van der Waals surface area contributed by atoms with Crippen molar-refractivity contribution >= 4 is 34.4 Å². The zero-order valence-corrected chi connectivity index (χ0v) is 15.5. The number of thioether (sulfide) groups is 1. The Hall–Kier alpha value is -3.00. The van der Waals surface area contributed by atoms with Gasteiger partial charge in [0.2, 0.25) is 5.95 Å². The first-order valence-corrected chi connectivity index (χ1v) is 9.68. The van der Waals surface area contributed by atoms with Gasteiger partial charge in [0, 0.05) is 17.0 Å². The smallest absolute Gasteiger partial charge is 0.227 e. The van der Waals surface area contributed by atoms with Crippen LogP contribution in [0.15, 0.2) is 53.3 Å². The van der Waals surface area contributed by atoms with E-state index in [1.807, 2.05) is 6.26 Å². The third-order valence-electron chi connectivity index (χ3n) is 4.09. The van der Waals surface area contributed by atoms with Crippen LogP contribution in [0, 0.1) is 17.5 Å². The van der Waals surface area contributed by atoms with Gasteiger partial charge in [-0.1, -0.05) is 0 Å². The van der Waals surface area contributed by atoms with Crippen molar-refractivity contribution in [3.63, 3.8) is 0 Å². The first-order chi connectivity index (χ1) is 13.5. The Balaban J connectivity index is 1.74. The topological polar surface area (TPSA) is 51.0 Å². The van der Waals surface area contributed by atoms with Crippen LogP contribution in [-0.2, 0) is 5.75 Å². The summed E-state index contributed by atoms with van der Waals surface area (Å²) in [5, 5.41) is 3.12. The summed E-state index contributed by atoms with van der Waals surface area (Å²) in [6.45, 7) is 0. The van der Waals surface area contributed by atoms with E-state index in [1.165, 1.54) is 36.6 Å². The van der Waals surface area contributed by atoms with Crippen LogP contribution in [0.1, 0.15) is 5.56 Å². The molecule has 4 nitrogen and oxygen atoms in total. The number of furan rings is 1. The predicted octanol–water partition coefficient (Wildman–Crippen LogP) is 5.91. The van der Waals surface area contributed by atoms with Crippen LogP contribution in [0.5, 0.6) is 0 Å². The number of hydrogen-bond acceptors (Lipinski definition) is 5. The molecule has 0 saturated carbocycles. The van der Waals surface area contributed by atoms with Crippen LogP contribution in [-0.4, -0.2) is 16.2 Å². The van der Waals surface area contributed by atoms with Gasteiger partial charge in [0.05, 0.1) is 17.8 Å². The number of nitrogens with one attached hydrogen (secondary N) is 1. The second kappa shape index (κ2) is 7.55. The standard InChI is InChI=1S/C20H14F3N3OS/c1-28-10-11-6-12(21)8-13(7-11)25-20-24-9-17(23)18(26-20)15-2-3-16(22)14-4-5-27-19(14)15/h2-9H,10H2,1H3,(H,24,25,26). The van der Waals surface area contributed by atoms with Crippen molar-refractivity contribution in [3.05, 3.63) is 71.9 Å². The summed E-state index contributed by atoms with van der Waals surface area (Å²) >= 11 is 1.57. The van der Waals surface area contributed by atoms with Gasteiger partial charge in [0.25, 0.3) is 0 Å². The lowest BCUT2D eigenvalue weighted by Crippen LogP contribution is -2.01. The van der Waals surface area contributed by atoms with Crippen molar-refractivity contribution < 1.29 is 17.6 Å². The van der Waals surface area contributed by atoms with Gasteiger partial charge in [0.1, 0.15) is 22.9 Å². The number of halogens is 3. The summed E-state index contributed by atoms with van der Waals surface area (Å²) < 4.78 is 47.4. The lowest BCUT2D eigenvalue weighted by atomic mass is 10.1. The highest BCUT2D eigenvalue weighted by Gasteiger charge is 2.17. The van der Waals surface area contributed by atoms with Crippen molar-refractivity contribution in [2.45, 2.75) is 5.75 Å². The van der Waals surface area contributed by atoms with E-state index in [2.05, 4.69) is 15.3 Å². The van der Waals surface area contributed by atoms with E-state index in [1.54, 1.807) is 17.8 Å². The van der Waals surface area contributed by atoms with Crippen molar-refractivity contribution in [1.29, 1.82) is 0 Å². The Morgan fingerprint density at radius 1 is 1.07 bits per heavy atom. The predicted molar refractivity (Wildman–Crippen MR) is 104 cm³/mol. The lowest BCUT2D eigenvalue weighted by molar-refractivity contribution is 0.605. The molecule has 0 aliphatic heterocycles. The second-order valence-electron chi connectivity index (χ2n) is 6.05. The SMILES string of the molecule is CSCc1cc(F)cc(Nc2ncc(F)c(-c3ccc(F)c4ccoc34)n2)c1. The largest absolute Gasteiger partial charge is 0.464 e. The molecule has 2 heterocycles. The van der Waals surface area contributed by atoms with E-state index >= 15 is 0 Å². The van der Waals surface area contributed by atoms with Gasteiger partial charge in [-0.3, -0.25) is 0 Å². The molecule has 0 aliphatic rings. The van der Waals surface area contributed by atoms with Crippen molar-refractivity contribution in [2.75, 3.05) is 11.6 Å². The zero-order valence-electron chi connectivity index (χ0n) is 14.7. The number of aromatic nitrogens is 2. The van der Waals surface area contributed by atoms with Crippen LogP contribution >= 0.6 is 11.8 Å². The molecule has 2 aromatic carbocycles. The number of benzene rings is 2. The molecule has 0 saturated heterocycles. The molecule has 4 aromatic rings. The molecule has 8 heteroatoms. The van der Waals surface area contributed by atoms with Crippen LogP contribution < -0.4 is 5.32 Å². The van der Waals surface area contributed by atoms with Gasteiger partial charge < -0.3 is 9.73 Å². The first-order valence-electron chi connectivity index (χ1n) is 8.29. The summed E-state index contributed by atoms with van der Waals surface area (Å²) in [4.78, 5) is 8.12. The summed E-state index contributed by atoms with van der Waals surface area (Å²) in [5.74, 6) is -0.819. The molecule has 142 valence electrons. The second-order valence-corrected chi connectivity index (χ2v) is 6.92. The van der Waals surface area contributed by atoms with E-state index in [0.717, 1.165) is 11.8 Å². The van der Waals surface area contributed by atoms with Crippen LogP contribution in [0.3, 0.4) is 0 Å². The Morgan fingerprint density at radius 2 is 1.93 bits per heavy atom. The van der Waals surface area contributed by atoms with E-state index in [0.29, 0.717) is 17.0 Å². The summed E-state index contributed by atoms with van der Waals surface area (Å²) in [6.07, 6.45) is 4.26. The Morgan fingerprint density at radius 3 is 2.75 bits per heavy atom. The van der Waals surface area contributed by atoms with Crippen molar-refractivity contribution in [1.82, 2.24) is 9.97 Å². The summed E-state index contributed by atoms with van der Waals surface area (Å²) in [6, 6.07) is 8.61. The van der Waals surface area contributed by atoms with Crippen LogP contribution in [0.4, 0.5) is 24.8 Å². The van der Waals surface area contributed by atoms with Crippen LogP contribution in [0.25, 0.3) is 22.2 Å². The minimum Gasteiger partial charge on any atom is -0.464 e. The van der Waals surface area contributed by atoms with Gasteiger partial charge in [-0.25, -0.2) is 23.1 Å². The van der Waals surface area contributed by atoms with Gasteiger partial charge in [-0.2, -0.15) is 11.8 Å². The maximum atomic E-state index is 14.4. The van der Waals surface area contributed by atoms with E-state index in [4.69, 9.17) is 4.42 Å². The minimum atomic E-state index is -0.683. The number of fused-ring (bicyclic) bond motifs is 1. The summed E-state index contributed by atoms with van der Waals surface area (Å²) in [5.41, 5.74) is 1.69. The van der Waals surface area contributed by atoms with E-state index in [9.17, 15) is 13.2 Å². The molecule has 0 atom stereocenters. The molecular weight excluding hydrogens is 387 g/mol. The van der Waals surface area contributed by atoms with Crippen molar-refractivity contribution in [3.8, 4) is 11.3 Å². The molecule has 0 unspecified atom stereocenters. The molecule has 0 radical (unpaired) electrons. The van der Waals surface area contributed by atoms with Gasteiger partial charge in [-0.15, -0.1) is 0 Å². The third-order valence-corrected chi connectivity index (χ3v) is 4.71. The maximum absolute atomic E-state index is 14.4. The third kappa shape index (κ3) is 3.55. The average Bonchev–Trinajstić information content (AvgIpc) is 3.15. The highest BCUT2D eigenvalue weighted by molar-refractivity contribution is 7.97. The molecule has 0 fully saturated rings. The molecule has 4 rings (SSSR count). The fourth-order valence-electron chi connectivity index (χ4n) is 2.93. The molecule has 0 bridgehead atoms. The molecular formula is C20H14F3N3OS. The average molecular weight is 401 g/mol. The Bertz CT molecular complexity index is 1160. The molecule has 0 amide bonds. The number of nitrogens with zero attached hydrogens (tertiary/aromatic N) is 2. The zero-order chi connectivity index (χ0) is 19.7. The van der Waals surface area contributed by atoms with Gasteiger partial charge >= 0.3 is 0 Å². The summed E-state index contributed by atoms with van der Waals surface area (Å²) in [7, 11) is 0. The number of anilines is 2. The Labute approximate surface area is 162 Å². The Kier molecular flexibility index (Phi) is 4.95. The molecule has 0 spiro atoms. The highest BCUT2D eigenvalue weighted by Crippen LogP contribution is 2.32. The van der Waals surface area contributed by atoms with Crippen LogP contribution in [0.2, 0.25) is 0 Å². The monoisotopic (exact) mass is 401 g/mol. The van der Waals surface area contributed by atoms with Crippen molar-refractivity contribution in [2.24, 2.45) is 0 Å². The molecule has 1 N–H and O–H groups in total. The van der Waals surface area contributed by atoms with E-state index < -0.39 is 17.5 Å². The normalized spacial score (nSPS) is 11.1. The van der Waals surface area contributed by atoms with Gasteiger partial charge in [0.15, 0.2) is 5.82 Å². The van der Waals surface area contributed by atoms with E-state index in [-0.39, 0.29) is 22.6 Å². The number of hydrogen-bond donors (Lipinski definition) is 1. The van der Waals surface area contributed by atoms with Gasteiger partial charge in [-0.05, 0) is 48.2 Å². The first kappa shape index (κ1) is 18.4. The fraction of sp³-hybridized carbons (Fsp3) is 0.100. The quantitative estimate of drug-likeness (QED) is 0.450. The maximum Gasteiger partial charge on any atom is 0.227 e. The number of rotatable bonds is 5. The fourth-order valence-corrected chi connectivity index (χ4v) is 3.43. The molecule has 2 aromatic heterocycles. The molecule has 0 aliphatic carbocycles. The lowest BCUT2D eigenvalue weighted by Gasteiger charge is -2.10. The minimum absolute atomic E-state index is 0.0433.